The molecule has 0 bridgehead atoms. The van der Waals surface area contributed by atoms with Gasteiger partial charge in [0.25, 0.3) is 17.5 Å². The molecule has 0 unspecified atom stereocenters. The van der Waals surface area contributed by atoms with Gasteiger partial charge in [0.15, 0.2) is 0 Å². The lowest BCUT2D eigenvalue weighted by Crippen LogP contribution is -2.32. The predicted octanol–water partition coefficient (Wildman–Crippen LogP) is 4.42. The van der Waals surface area contributed by atoms with Gasteiger partial charge in [-0.1, -0.05) is 18.2 Å². The number of carbonyl (C=O) groups is 2. The Morgan fingerprint density at radius 3 is 2.55 bits per heavy atom. The average molecular weight is 433 g/mol. The third-order valence-electron chi connectivity index (χ3n) is 5.56. The zero-order valence-electron chi connectivity index (χ0n) is 16.5. The highest BCUT2D eigenvalue weighted by Crippen LogP contribution is 2.42. The van der Waals surface area contributed by atoms with Crippen LogP contribution in [0, 0.1) is 10.1 Å². The van der Waals surface area contributed by atoms with Gasteiger partial charge in [-0.25, -0.2) is 0 Å². The number of hydrogen-bond acceptors (Lipinski definition) is 5. The number of anilines is 1. The minimum Gasteiger partial charge on any atom is -0.349 e. The number of para-hydroxylation sites is 1. The van der Waals surface area contributed by atoms with Crippen LogP contribution in [-0.4, -0.2) is 29.3 Å². The number of carbonyl (C=O) groups excluding carboxylic acids is 2. The van der Waals surface area contributed by atoms with Crippen LogP contribution in [-0.2, 0) is 6.42 Å². The Kier molecular flexibility index (Phi) is 4.78. The van der Waals surface area contributed by atoms with Crippen molar-refractivity contribution in [2.75, 3.05) is 11.4 Å². The number of rotatable bonds is 4. The van der Waals surface area contributed by atoms with E-state index in [1.165, 1.54) is 35.6 Å². The monoisotopic (exact) mass is 433 g/mol. The molecule has 1 aliphatic heterocycles. The van der Waals surface area contributed by atoms with E-state index in [1.54, 1.807) is 4.90 Å². The molecule has 156 valence electrons. The molecule has 2 aromatic carbocycles. The molecule has 31 heavy (non-hydrogen) atoms. The fourth-order valence-corrected chi connectivity index (χ4v) is 4.93. The van der Waals surface area contributed by atoms with E-state index in [0.29, 0.717) is 29.4 Å². The normalized spacial score (nSPS) is 14.9. The number of thiophene rings is 1. The van der Waals surface area contributed by atoms with Gasteiger partial charge in [-0.3, -0.25) is 19.7 Å². The van der Waals surface area contributed by atoms with Crippen molar-refractivity contribution < 1.29 is 14.5 Å². The molecule has 2 aliphatic rings. The van der Waals surface area contributed by atoms with Crippen molar-refractivity contribution in [1.29, 1.82) is 0 Å². The third-order valence-corrected chi connectivity index (χ3v) is 6.77. The van der Waals surface area contributed by atoms with Crippen molar-refractivity contribution in [1.82, 2.24) is 5.32 Å². The second-order valence-corrected chi connectivity index (χ2v) is 8.79. The van der Waals surface area contributed by atoms with Crippen molar-refractivity contribution in [3.63, 3.8) is 0 Å². The number of nitro groups is 1. The second-order valence-electron chi connectivity index (χ2n) is 7.74. The van der Waals surface area contributed by atoms with Gasteiger partial charge >= 0.3 is 0 Å². The summed E-state index contributed by atoms with van der Waals surface area (Å²) in [4.78, 5) is 39.6. The molecule has 8 heteroatoms. The number of non-ortho nitro benzene ring substituents is 1. The molecule has 1 N–H and O–H groups in total. The minimum absolute atomic E-state index is 0.0307. The number of amides is 2. The van der Waals surface area contributed by atoms with Crippen LogP contribution in [0.1, 0.15) is 38.4 Å². The summed E-state index contributed by atoms with van der Waals surface area (Å²) in [7, 11) is 0. The largest absolute Gasteiger partial charge is 0.349 e. The van der Waals surface area contributed by atoms with Gasteiger partial charge in [-0.15, -0.1) is 11.3 Å². The van der Waals surface area contributed by atoms with Gasteiger partial charge in [0.2, 0.25) is 0 Å². The van der Waals surface area contributed by atoms with Crippen molar-refractivity contribution >= 4 is 34.5 Å². The number of fused-ring (bicyclic) bond motifs is 3. The van der Waals surface area contributed by atoms with E-state index in [9.17, 15) is 19.7 Å². The molecule has 1 aromatic heterocycles. The first-order valence-corrected chi connectivity index (χ1v) is 10.9. The smallest absolute Gasteiger partial charge is 0.269 e. The molecule has 3 aromatic rings. The molecule has 1 aliphatic carbocycles. The summed E-state index contributed by atoms with van der Waals surface area (Å²) < 4.78 is 0. The first-order chi connectivity index (χ1) is 15.0. The molecule has 2 amide bonds. The SMILES string of the molecule is O=C(NC1CC1)c1cc2c(s1)-c1ccccc1N(C(=O)c1ccc([N+](=O)[O-])cc1)CC2. The molecular formula is C23H19N3O4S. The van der Waals surface area contributed by atoms with Gasteiger partial charge in [0.05, 0.1) is 15.5 Å². The summed E-state index contributed by atoms with van der Waals surface area (Å²) in [5, 5.41) is 13.9. The van der Waals surface area contributed by atoms with E-state index in [-0.39, 0.29) is 17.5 Å². The first-order valence-electron chi connectivity index (χ1n) is 10.1. The summed E-state index contributed by atoms with van der Waals surface area (Å²) in [6.07, 6.45) is 2.70. The predicted molar refractivity (Wildman–Crippen MR) is 119 cm³/mol. The third kappa shape index (κ3) is 3.70. The molecular weight excluding hydrogens is 414 g/mol. The lowest BCUT2D eigenvalue weighted by Gasteiger charge is -2.23. The van der Waals surface area contributed by atoms with Crippen LogP contribution in [0.2, 0.25) is 0 Å². The maximum atomic E-state index is 13.3. The van der Waals surface area contributed by atoms with Gasteiger partial charge < -0.3 is 10.2 Å². The Morgan fingerprint density at radius 1 is 1.10 bits per heavy atom. The van der Waals surface area contributed by atoms with Crippen molar-refractivity contribution in [2.45, 2.75) is 25.3 Å². The summed E-state index contributed by atoms with van der Waals surface area (Å²) in [5.74, 6) is -0.235. The van der Waals surface area contributed by atoms with Gasteiger partial charge in [0, 0.05) is 40.7 Å². The molecule has 2 heterocycles. The van der Waals surface area contributed by atoms with Crippen LogP contribution in [0.25, 0.3) is 10.4 Å². The minimum atomic E-state index is -0.482. The van der Waals surface area contributed by atoms with Crippen molar-refractivity contribution in [3.8, 4) is 10.4 Å². The summed E-state index contributed by atoms with van der Waals surface area (Å²) in [5.41, 5.74) is 3.10. The fraction of sp³-hybridized carbons (Fsp3) is 0.217. The molecule has 5 rings (SSSR count). The van der Waals surface area contributed by atoms with Crippen LogP contribution >= 0.6 is 11.3 Å². The Balaban J connectivity index is 1.48. The van der Waals surface area contributed by atoms with E-state index >= 15 is 0 Å². The van der Waals surface area contributed by atoms with E-state index in [2.05, 4.69) is 5.32 Å². The van der Waals surface area contributed by atoms with Crippen LogP contribution in [0.3, 0.4) is 0 Å². The Labute approximate surface area is 182 Å². The molecule has 0 saturated heterocycles. The van der Waals surface area contributed by atoms with Gasteiger partial charge in [0.1, 0.15) is 0 Å². The number of nitrogens with one attached hydrogen (secondary N) is 1. The van der Waals surface area contributed by atoms with E-state index < -0.39 is 4.92 Å². The summed E-state index contributed by atoms with van der Waals surface area (Å²) >= 11 is 1.46. The highest BCUT2D eigenvalue weighted by molar-refractivity contribution is 7.17. The maximum absolute atomic E-state index is 13.3. The first kappa shape index (κ1) is 19.4. The number of benzene rings is 2. The zero-order chi connectivity index (χ0) is 21.5. The quantitative estimate of drug-likeness (QED) is 0.487. The Hall–Kier alpha value is -3.52. The average Bonchev–Trinajstić information content (AvgIpc) is 3.52. The summed E-state index contributed by atoms with van der Waals surface area (Å²) in [6.45, 7) is 0.459. The van der Waals surface area contributed by atoms with Gasteiger partial charge in [-0.05, 0) is 49.1 Å². The molecule has 1 saturated carbocycles. The Bertz CT molecular complexity index is 1200. The van der Waals surface area contributed by atoms with Crippen molar-refractivity contribution in [2.24, 2.45) is 0 Å². The topological polar surface area (TPSA) is 92.6 Å². The Morgan fingerprint density at radius 2 is 1.84 bits per heavy atom. The second kappa shape index (κ2) is 7.63. The molecule has 0 radical (unpaired) electrons. The van der Waals surface area contributed by atoms with Crippen LogP contribution < -0.4 is 10.2 Å². The van der Waals surface area contributed by atoms with Crippen LogP contribution in [0.5, 0.6) is 0 Å². The molecule has 0 spiro atoms. The summed E-state index contributed by atoms with van der Waals surface area (Å²) in [6, 6.07) is 15.6. The highest BCUT2D eigenvalue weighted by atomic mass is 32.1. The number of nitrogens with zero attached hydrogens (tertiary/aromatic N) is 2. The number of nitro benzene ring substituents is 1. The standard InChI is InChI=1S/C23H19N3O4S/c27-22(24-16-7-8-16)20-13-15-11-12-25(19-4-2-1-3-18(19)21(15)31-20)23(28)14-5-9-17(10-6-14)26(29)30/h1-6,9-10,13,16H,7-8,11-12H2,(H,24,27). The molecule has 0 atom stereocenters. The highest BCUT2D eigenvalue weighted by Gasteiger charge is 2.29. The number of hydrogen-bond donors (Lipinski definition) is 1. The molecule has 7 nitrogen and oxygen atoms in total. The van der Waals surface area contributed by atoms with E-state index in [1.807, 2.05) is 30.3 Å². The van der Waals surface area contributed by atoms with Crippen molar-refractivity contribution in [3.05, 3.63) is 80.7 Å². The maximum Gasteiger partial charge on any atom is 0.269 e. The lowest BCUT2D eigenvalue weighted by molar-refractivity contribution is -0.384. The lowest BCUT2D eigenvalue weighted by atomic mass is 10.1. The van der Waals surface area contributed by atoms with E-state index in [0.717, 1.165) is 34.5 Å². The fourth-order valence-electron chi connectivity index (χ4n) is 3.78. The van der Waals surface area contributed by atoms with E-state index in [4.69, 9.17) is 0 Å². The van der Waals surface area contributed by atoms with Crippen LogP contribution in [0.4, 0.5) is 11.4 Å². The van der Waals surface area contributed by atoms with Crippen LogP contribution in [0.15, 0.2) is 54.6 Å². The zero-order valence-corrected chi connectivity index (χ0v) is 17.4. The molecule has 1 fully saturated rings. The van der Waals surface area contributed by atoms with Gasteiger partial charge in [-0.2, -0.15) is 0 Å².